The number of nitrogens with zero attached hydrogens (tertiary/aromatic N) is 1. The van der Waals surface area contributed by atoms with Crippen molar-refractivity contribution >= 4 is 33.3 Å². The molecule has 4 aromatic rings. The number of benzene rings is 2. The summed E-state index contributed by atoms with van der Waals surface area (Å²) in [7, 11) is 0. The van der Waals surface area contributed by atoms with Crippen LogP contribution in [-0.2, 0) is 5.41 Å². The minimum atomic E-state index is -0.671. The van der Waals surface area contributed by atoms with Crippen molar-refractivity contribution in [3.8, 4) is 11.3 Å². The van der Waals surface area contributed by atoms with E-state index in [1.165, 1.54) is 23.0 Å². The van der Waals surface area contributed by atoms with Gasteiger partial charge in [0.2, 0.25) is 0 Å². The Hall–Kier alpha value is -3.25. The predicted octanol–water partition coefficient (Wildman–Crippen LogP) is 5.47. The van der Waals surface area contributed by atoms with E-state index in [1.807, 2.05) is 23.6 Å². The molecular formula is C23H20N2O3S. The number of fused-ring (bicyclic) bond motifs is 1. The largest absolute Gasteiger partial charge is 0.422 e. The van der Waals surface area contributed by atoms with Crippen molar-refractivity contribution in [2.24, 2.45) is 0 Å². The van der Waals surface area contributed by atoms with E-state index in [4.69, 9.17) is 4.42 Å². The molecule has 1 amide bonds. The number of hydrogen-bond acceptors (Lipinski definition) is 5. The summed E-state index contributed by atoms with van der Waals surface area (Å²) < 4.78 is 5.23. The summed E-state index contributed by atoms with van der Waals surface area (Å²) in [6.45, 7) is 6.51. The van der Waals surface area contributed by atoms with Gasteiger partial charge in [0.1, 0.15) is 11.1 Å². The molecule has 2 heterocycles. The number of aromatic nitrogens is 1. The third-order valence-corrected chi connectivity index (χ3v) is 5.42. The van der Waals surface area contributed by atoms with E-state index in [0.717, 1.165) is 11.3 Å². The second-order valence-electron chi connectivity index (χ2n) is 7.80. The third kappa shape index (κ3) is 3.98. The Balaban J connectivity index is 1.56. The van der Waals surface area contributed by atoms with Crippen LogP contribution >= 0.6 is 11.3 Å². The minimum Gasteiger partial charge on any atom is -0.422 e. The summed E-state index contributed by atoms with van der Waals surface area (Å²) in [4.78, 5) is 29.2. The zero-order valence-electron chi connectivity index (χ0n) is 16.4. The Kier molecular flexibility index (Phi) is 4.80. The number of thiazole rings is 1. The van der Waals surface area contributed by atoms with Crippen LogP contribution in [0.2, 0.25) is 0 Å². The quantitative estimate of drug-likeness (QED) is 0.460. The highest BCUT2D eigenvalue weighted by Gasteiger charge is 2.17. The SMILES string of the molecule is CC(C)(C)c1ccc(-c2csc(NC(=O)c3cc4ccccc4oc3=O)n2)cc1. The predicted molar refractivity (Wildman–Crippen MR) is 117 cm³/mol. The third-order valence-electron chi connectivity index (χ3n) is 4.66. The molecule has 146 valence electrons. The molecule has 29 heavy (non-hydrogen) atoms. The first-order valence-corrected chi connectivity index (χ1v) is 10.1. The normalized spacial score (nSPS) is 11.6. The van der Waals surface area contributed by atoms with Gasteiger partial charge in [0.15, 0.2) is 5.13 Å². The average molecular weight is 404 g/mol. The maximum atomic E-state index is 12.6. The lowest BCUT2D eigenvalue weighted by molar-refractivity contribution is 0.102. The Bertz CT molecular complexity index is 1250. The number of nitrogens with one attached hydrogen (secondary N) is 1. The molecule has 2 aromatic heterocycles. The molecule has 5 nitrogen and oxygen atoms in total. The number of anilines is 1. The van der Waals surface area contributed by atoms with Gasteiger partial charge < -0.3 is 4.42 Å². The smallest absolute Gasteiger partial charge is 0.349 e. The fourth-order valence-electron chi connectivity index (χ4n) is 2.99. The van der Waals surface area contributed by atoms with Crippen LogP contribution in [0.4, 0.5) is 5.13 Å². The van der Waals surface area contributed by atoms with Gasteiger partial charge in [0, 0.05) is 16.3 Å². The minimum absolute atomic E-state index is 0.0463. The van der Waals surface area contributed by atoms with Gasteiger partial charge in [-0.05, 0) is 23.1 Å². The van der Waals surface area contributed by atoms with E-state index < -0.39 is 11.5 Å². The lowest BCUT2D eigenvalue weighted by atomic mass is 9.86. The second kappa shape index (κ2) is 7.29. The van der Waals surface area contributed by atoms with E-state index in [1.54, 1.807) is 18.2 Å². The maximum absolute atomic E-state index is 12.6. The van der Waals surface area contributed by atoms with Crippen LogP contribution < -0.4 is 10.9 Å². The molecule has 0 radical (unpaired) electrons. The van der Waals surface area contributed by atoms with Crippen LogP contribution in [0.25, 0.3) is 22.2 Å². The molecule has 0 saturated carbocycles. The lowest BCUT2D eigenvalue weighted by Gasteiger charge is -2.18. The van der Waals surface area contributed by atoms with E-state index >= 15 is 0 Å². The lowest BCUT2D eigenvalue weighted by Crippen LogP contribution is -2.20. The average Bonchev–Trinajstić information content (AvgIpc) is 3.15. The summed E-state index contributed by atoms with van der Waals surface area (Å²) >= 11 is 1.31. The van der Waals surface area contributed by atoms with E-state index in [0.29, 0.717) is 16.1 Å². The summed E-state index contributed by atoms with van der Waals surface area (Å²) in [6, 6.07) is 16.8. The van der Waals surface area contributed by atoms with E-state index in [9.17, 15) is 9.59 Å². The Morgan fingerprint density at radius 1 is 1.07 bits per heavy atom. The first-order valence-electron chi connectivity index (χ1n) is 9.22. The van der Waals surface area contributed by atoms with Crippen molar-refractivity contribution < 1.29 is 9.21 Å². The van der Waals surface area contributed by atoms with Crippen LogP contribution in [0.15, 0.2) is 69.2 Å². The van der Waals surface area contributed by atoms with Gasteiger partial charge in [0.25, 0.3) is 5.91 Å². The number of carbonyl (C=O) groups is 1. The zero-order valence-corrected chi connectivity index (χ0v) is 17.2. The van der Waals surface area contributed by atoms with Crippen molar-refractivity contribution in [1.82, 2.24) is 4.98 Å². The van der Waals surface area contributed by atoms with Crippen molar-refractivity contribution in [3.63, 3.8) is 0 Å². The molecule has 2 aromatic carbocycles. The summed E-state index contributed by atoms with van der Waals surface area (Å²) in [5.41, 5.74) is 2.81. The van der Waals surface area contributed by atoms with Crippen LogP contribution in [-0.4, -0.2) is 10.9 Å². The highest BCUT2D eigenvalue weighted by atomic mass is 32.1. The summed E-state index contributed by atoms with van der Waals surface area (Å²) in [5.74, 6) is -0.534. The summed E-state index contributed by atoms with van der Waals surface area (Å²) in [5, 5.41) is 5.70. The monoisotopic (exact) mass is 404 g/mol. The molecule has 0 aliphatic heterocycles. The Morgan fingerprint density at radius 3 is 2.52 bits per heavy atom. The molecule has 0 saturated heterocycles. The summed E-state index contributed by atoms with van der Waals surface area (Å²) in [6.07, 6.45) is 0. The zero-order chi connectivity index (χ0) is 20.6. The van der Waals surface area contributed by atoms with Crippen LogP contribution in [0.1, 0.15) is 36.7 Å². The first-order chi connectivity index (χ1) is 13.8. The van der Waals surface area contributed by atoms with Gasteiger partial charge in [-0.15, -0.1) is 11.3 Å². The molecule has 0 fully saturated rings. The molecule has 0 bridgehead atoms. The topological polar surface area (TPSA) is 72.2 Å². The van der Waals surface area contributed by atoms with Gasteiger partial charge in [-0.25, -0.2) is 9.78 Å². The molecular weight excluding hydrogens is 384 g/mol. The molecule has 0 spiro atoms. The molecule has 0 aliphatic carbocycles. The van der Waals surface area contributed by atoms with Crippen molar-refractivity contribution in [1.29, 1.82) is 0 Å². The number of rotatable bonds is 3. The van der Waals surface area contributed by atoms with Gasteiger partial charge in [0.05, 0.1) is 5.69 Å². The molecule has 6 heteroatoms. The number of para-hydroxylation sites is 1. The van der Waals surface area contributed by atoms with E-state index in [-0.39, 0.29) is 11.0 Å². The fraction of sp³-hybridized carbons (Fsp3) is 0.174. The van der Waals surface area contributed by atoms with Crippen LogP contribution in [0.3, 0.4) is 0 Å². The van der Waals surface area contributed by atoms with Gasteiger partial charge in [-0.3, -0.25) is 10.1 Å². The molecule has 4 rings (SSSR count). The van der Waals surface area contributed by atoms with Crippen molar-refractivity contribution in [3.05, 3.63) is 81.5 Å². The van der Waals surface area contributed by atoms with Crippen LogP contribution in [0.5, 0.6) is 0 Å². The van der Waals surface area contributed by atoms with Gasteiger partial charge in [-0.2, -0.15) is 0 Å². The van der Waals surface area contributed by atoms with Crippen molar-refractivity contribution in [2.75, 3.05) is 5.32 Å². The standard InChI is InChI=1S/C23H20N2O3S/c1-23(2,3)16-10-8-14(9-11-16)18-13-29-22(24-18)25-20(26)17-12-15-6-4-5-7-19(15)28-21(17)27/h4-13H,1-3H3,(H,24,25,26). The Morgan fingerprint density at radius 2 is 1.79 bits per heavy atom. The van der Waals surface area contributed by atoms with Crippen molar-refractivity contribution in [2.45, 2.75) is 26.2 Å². The fourth-order valence-corrected chi connectivity index (χ4v) is 3.70. The number of carbonyl (C=O) groups excluding carboxylic acids is 1. The molecule has 0 unspecified atom stereocenters. The van der Waals surface area contributed by atoms with E-state index in [2.05, 4.69) is 43.2 Å². The first kappa shape index (κ1) is 19.1. The number of hydrogen-bond donors (Lipinski definition) is 1. The molecule has 0 aliphatic rings. The molecule has 1 N–H and O–H groups in total. The maximum Gasteiger partial charge on any atom is 0.349 e. The second-order valence-corrected chi connectivity index (χ2v) is 8.66. The highest BCUT2D eigenvalue weighted by molar-refractivity contribution is 7.14. The Labute approximate surface area is 172 Å². The van der Waals surface area contributed by atoms with Gasteiger partial charge in [-0.1, -0.05) is 63.2 Å². The van der Waals surface area contributed by atoms with Crippen LogP contribution in [0, 0.1) is 0 Å². The highest BCUT2D eigenvalue weighted by Crippen LogP contribution is 2.28. The number of amides is 1. The molecule has 0 atom stereocenters. The van der Waals surface area contributed by atoms with Gasteiger partial charge >= 0.3 is 5.63 Å².